The summed E-state index contributed by atoms with van der Waals surface area (Å²) in [4.78, 5) is 0.373. The van der Waals surface area contributed by atoms with E-state index in [-0.39, 0.29) is 0 Å². The highest BCUT2D eigenvalue weighted by atomic mass is 32.2. The van der Waals surface area contributed by atoms with Crippen LogP contribution in [0.1, 0.15) is 25.3 Å². The molecule has 1 saturated heterocycles. The maximum atomic E-state index is 12.5. The summed E-state index contributed by atoms with van der Waals surface area (Å²) >= 11 is 0. The summed E-state index contributed by atoms with van der Waals surface area (Å²) in [5.74, 6) is 0.370. The molecule has 0 unspecified atom stereocenters. The third-order valence-electron chi connectivity index (χ3n) is 3.73. The number of nitrogens with one attached hydrogen (secondary N) is 2. The topological polar surface area (TPSA) is 67.4 Å². The van der Waals surface area contributed by atoms with E-state index >= 15 is 0 Å². The van der Waals surface area contributed by atoms with E-state index in [9.17, 15) is 8.42 Å². The van der Waals surface area contributed by atoms with Crippen molar-refractivity contribution in [3.8, 4) is 0 Å². The number of ether oxygens (including phenoxy) is 1. The van der Waals surface area contributed by atoms with Crippen LogP contribution in [0.4, 0.5) is 0 Å². The third-order valence-corrected chi connectivity index (χ3v) is 5.25. The van der Waals surface area contributed by atoms with Gasteiger partial charge in [0.1, 0.15) is 0 Å². The minimum absolute atomic E-state index is 0.370. The van der Waals surface area contributed by atoms with Gasteiger partial charge in [-0.1, -0.05) is 25.1 Å². The van der Waals surface area contributed by atoms with Crippen LogP contribution in [0, 0.1) is 5.92 Å². The van der Waals surface area contributed by atoms with Crippen LogP contribution in [-0.4, -0.2) is 34.7 Å². The van der Waals surface area contributed by atoms with Crippen molar-refractivity contribution in [3.05, 3.63) is 29.8 Å². The minimum Gasteiger partial charge on any atom is -0.381 e. The first-order chi connectivity index (χ1) is 10.1. The molecule has 1 aromatic carbocycles. The first kappa shape index (κ1) is 16.4. The summed E-state index contributed by atoms with van der Waals surface area (Å²) in [6.07, 6.45) is 1.84. The normalized spacial score (nSPS) is 17.0. The van der Waals surface area contributed by atoms with Crippen LogP contribution in [0.2, 0.25) is 0 Å². The molecule has 0 saturated carbocycles. The van der Waals surface area contributed by atoms with Crippen LogP contribution in [-0.2, 0) is 21.3 Å². The molecule has 2 rings (SSSR count). The number of hydrogen-bond acceptors (Lipinski definition) is 4. The molecule has 0 aromatic heterocycles. The number of sulfonamides is 1. The summed E-state index contributed by atoms with van der Waals surface area (Å²) in [5, 5.41) is 3.17. The monoisotopic (exact) mass is 312 g/mol. The van der Waals surface area contributed by atoms with Crippen molar-refractivity contribution in [1.82, 2.24) is 10.0 Å². The van der Waals surface area contributed by atoms with Crippen LogP contribution in [0.25, 0.3) is 0 Å². The Hall–Kier alpha value is -0.950. The molecule has 6 heteroatoms. The second-order valence-electron chi connectivity index (χ2n) is 5.30. The Morgan fingerprint density at radius 1 is 1.24 bits per heavy atom. The lowest BCUT2D eigenvalue weighted by Crippen LogP contribution is -2.33. The van der Waals surface area contributed by atoms with Crippen molar-refractivity contribution in [2.75, 3.05) is 26.3 Å². The zero-order valence-electron chi connectivity index (χ0n) is 12.5. The fourth-order valence-electron chi connectivity index (χ4n) is 2.43. The molecule has 1 heterocycles. The zero-order chi connectivity index (χ0) is 15.1. The molecule has 2 N–H and O–H groups in total. The van der Waals surface area contributed by atoms with E-state index in [1.807, 2.05) is 19.1 Å². The Balaban J connectivity index is 2.04. The molecule has 5 nitrogen and oxygen atoms in total. The van der Waals surface area contributed by atoms with Gasteiger partial charge in [0.2, 0.25) is 10.0 Å². The second-order valence-corrected chi connectivity index (χ2v) is 7.03. The first-order valence-corrected chi connectivity index (χ1v) is 8.98. The molecule has 1 fully saturated rings. The third kappa shape index (κ3) is 4.78. The summed E-state index contributed by atoms with van der Waals surface area (Å²) in [5.41, 5.74) is 0.804. The Kier molecular flexibility index (Phi) is 6.17. The van der Waals surface area contributed by atoms with Crippen LogP contribution < -0.4 is 10.0 Å². The van der Waals surface area contributed by atoms with Gasteiger partial charge in [0.05, 0.1) is 4.90 Å². The lowest BCUT2D eigenvalue weighted by Gasteiger charge is -2.22. The molecule has 0 atom stereocenters. The van der Waals surface area contributed by atoms with Gasteiger partial charge in [-0.15, -0.1) is 0 Å². The van der Waals surface area contributed by atoms with Crippen molar-refractivity contribution < 1.29 is 13.2 Å². The number of benzene rings is 1. The van der Waals surface area contributed by atoms with Crippen molar-refractivity contribution in [2.45, 2.75) is 31.2 Å². The van der Waals surface area contributed by atoms with Crippen LogP contribution >= 0.6 is 0 Å². The molecule has 0 amide bonds. The standard InChI is InChI=1S/C15H24N2O3S/c1-2-16-12-14-5-3-4-6-15(14)21(18,19)17-11-13-7-9-20-10-8-13/h3-6,13,16-17H,2,7-12H2,1H3. The highest BCUT2D eigenvalue weighted by Crippen LogP contribution is 2.18. The molecule has 1 aliphatic rings. The van der Waals surface area contributed by atoms with Gasteiger partial charge in [-0.25, -0.2) is 13.1 Å². The Morgan fingerprint density at radius 3 is 2.67 bits per heavy atom. The van der Waals surface area contributed by atoms with Gasteiger partial charge in [-0.2, -0.15) is 0 Å². The molecule has 1 aliphatic heterocycles. The zero-order valence-corrected chi connectivity index (χ0v) is 13.3. The van der Waals surface area contributed by atoms with E-state index in [0.717, 1.165) is 38.2 Å². The molecule has 118 valence electrons. The Morgan fingerprint density at radius 2 is 1.95 bits per heavy atom. The van der Waals surface area contributed by atoms with Crippen molar-refractivity contribution in [1.29, 1.82) is 0 Å². The number of rotatable bonds is 7. The van der Waals surface area contributed by atoms with Gasteiger partial charge in [-0.05, 0) is 36.9 Å². The predicted molar refractivity (Wildman–Crippen MR) is 82.6 cm³/mol. The number of hydrogen-bond donors (Lipinski definition) is 2. The lowest BCUT2D eigenvalue weighted by molar-refractivity contribution is 0.0678. The highest BCUT2D eigenvalue weighted by molar-refractivity contribution is 7.89. The fraction of sp³-hybridized carbons (Fsp3) is 0.600. The lowest BCUT2D eigenvalue weighted by atomic mass is 10.0. The van der Waals surface area contributed by atoms with E-state index in [0.29, 0.717) is 23.9 Å². The van der Waals surface area contributed by atoms with Crippen LogP contribution in [0.5, 0.6) is 0 Å². The fourth-order valence-corrected chi connectivity index (χ4v) is 3.78. The largest absolute Gasteiger partial charge is 0.381 e. The summed E-state index contributed by atoms with van der Waals surface area (Å²) in [7, 11) is -3.45. The SMILES string of the molecule is CCNCc1ccccc1S(=O)(=O)NCC1CCOCC1. The molecule has 0 bridgehead atoms. The van der Waals surface area contributed by atoms with Crippen molar-refractivity contribution in [2.24, 2.45) is 5.92 Å². The quantitative estimate of drug-likeness (QED) is 0.801. The van der Waals surface area contributed by atoms with Gasteiger partial charge in [-0.3, -0.25) is 0 Å². The van der Waals surface area contributed by atoms with E-state index in [1.54, 1.807) is 12.1 Å². The molecular weight excluding hydrogens is 288 g/mol. The van der Waals surface area contributed by atoms with Gasteiger partial charge >= 0.3 is 0 Å². The van der Waals surface area contributed by atoms with Crippen molar-refractivity contribution >= 4 is 10.0 Å². The smallest absolute Gasteiger partial charge is 0.240 e. The van der Waals surface area contributed by atoms with E-state index < -0.39 is 10.0 Å². The second kappa shape index (κ2) is 7.89. The summed E-state index contributed by atoms with van der Waals surface area (Å²) in [6.45, 7) is 5.31. The van der Waals surface area contributed by atoms with Crippen LogP contribution in [0.3, 0.4) is 0 Å². The summed E-state index contributed by atoms with van der Waals surface area (Å²) < 4.78 is 33.0. The van der Waals surface area contributed by atoms with Gasteiger partial charge in [0.15, 0.2) is 0 Å². The molecule has 1 aromatic rings. The molecule has 0 radical (unpaired) electrons. The van der Waals surface area contributed by atoms with Gasteiger partial charge in [0, 0.05) is 26.3 Å². The Labute approximate surface area is 127 Å². The van der Waals surface area contributed by atoms with E-state index in [4.69, 9.17) is 4.74 Å². The Bertz CT molecular complexity index is 540. The van der Waals surface area contributed by atoms with E-state index in [1.165, 1.54) is 0 Å². The van der Waals surface area contributed by atoms with E-state index in [2.05, 4.69) is 10.0 Å². The predicted octanol–water partition coefficient (Wildman–Crippen LogP) is 1.50. The first-order valence-electron chi connectivity index (χ1n) is 7.49. The average Bonchev–Trinajstić information content (AvgIpc) is 2.52. The average molecular weight is 312 g/mol. The molecule has 0 aliphatic carbocycles. The molecule has 0 spiro atoms. The van der Waals surface area contributed by atoms with Crippen molar-refractivity contribution in [3.63, 3.8) is 0 Å². The van der Waals surface area contributed by atoms with Crippen LogP contribution in [0.15, 0.2) is 29.2 Å². The van der Waals surface area contributed by atoms with Gasteiger partial charge in [0.25, 0.3) is 0 Å². The minimum atomic E-state index is -3.45. The van der Waals surface area contributed by atoms with Gasteiger partial charge < -0.3 is 10.1 Å². The maximum absolute atomic E-state index is 12.5. The molecular formula is C15H24N2O3S. The maximum Gasteiger partial charge on any atom is 0.240 e. The molecule has 21 heavy (non-hydrogen) atoms. The summed E-state index contributed by atoms with van der Waals surface area (Å²) in [6, 6.07) is 7.15. The highest BCUT2D eigenvalue weighted by Gasteiger charge is 2.21.